The zero-order valence-corrected chi connectivity index (χ0v) is 7.20. The van der Waals surface area contributed by atoms with Crippen molar-refractivity contribution in [1.29, 1.82) is 0 Å². The summed E-state index contributed by atoms with van der Waals surface area (Å²) in [7, 11) is 0. The minimum Gasteiger partial charge on any atom is -0.284 e. The van der Waals surface area contributed by atoms with Gasteiger partial charge in [-0.15, -0.1) is 18.2 Å². The lowest BCUT2D eigenvalue weighted by molar-refractivity contribution is -0.111. The van der Waals surface area contributed by atoms with Gasteiger partial charge in [0, 0.05) is 5.25 Å². The van der Waals surface area contributed by atoms with E-state index in [1.165, 1.54) is 0 Å². The Morgan fingerprint density at radius 1 is 1.80 bits per heavy atom. The van der Waals surface area contributed by atoms with Crippen molar-refractivity contribution in [2.24, 2.45) is 0 Å². The predicted molar refractivity (Wildman–Crippen MR) is 46.1 cm³/mol. The van der Waals surface area contributed by atoms with Gasteiger partial charge in [0.15, 0.2) is 0 Å². The largest absolute Gasteiger partial charge is 0.284 e. The van der Waals surface area contributed by atoms with Gasteiger partial charge in [-0.05, 0) is 12.3 Å². The number of ketones is 1. The first-order valence-corrected chi connectivity index (χ1v) is 4.36. The van der Waals surface area contributed by atoms with Gasteiger partial charge in [-0.25, -0.2) is 0 Å². The Balaban J connectivity index is 3.37. The van der Waals surface area contributed by atoms with Crippen LogP contribution in [-0.2, 0) is 4.79 Å². The van der Waals surface area contributed by atoms with E-state index in [2.05, 4.69) is 19.8 Å². The molecule has 0 aromatic heterocycles. The summed E-state index contributed by atoms with van der Waals surface area (Å²) >= 11 is 1.62. The maximum Gasteiger partial charge on any atom is 0.215 e. The number of hydrogen-bond acceptors (Lipinski definition) is 2. The molecule has 0 rings (SSSR count). The maximum atomic E-state index is 10.6. The first-order valence-electron chi connectivity index (χ1n) is 3.31. The van der Waals surface area contributed by atoms with Crippen molar-refractivity contribution in [3.05, 3.63) is 0 Å². The van der Waals surface area contributed by atoms with Gasteiger partial charge in [0.05, 0.1) is 5.75 Å². The fraction of sp³-hybridized carbons (Fsp3) is 0.625. The van der Waals surface area contributed by atoms with Gasteiger partial charge < -0.3 is 0 Å². The normalized spacial score (nSPS) is 12.1. The minimum absolute atomic E-state index is 0.106. The molecule has 0 aliphatic rings. The van der Waals surface area contributed by atoms with Crippen LogP contribution >= 0.6 is 11.8 Å². The zero-order chi connectivity index (χ0) is 7.98. The summed E-state index contributed by atoms with van der Waals surface area (Å²) in [5.74, 6) is 2.44. The molecule has 0 saturated heterocycles. The molecule has 0 bridgehead atoms. The van der Waals surface area contributed by atoms with Gasteiger partial charge in [-0.1, -0.05) is 13.8 Å². The molecule has 1 atom stereocenters. The van der Waals surface area contributed by atoms with Crippen molar-refractivity contribution < 1.29 is 4.79 Å². The van der Waals surface area contributed by atoms with Gasteiger partial charge in [0.1, 0.15) is 0 Å². The van der Waals surface area contributed by atoms with Crippen molar-refractivity contribution in [2.45, 2.75) is 25.5 Å². The third kappa shape index (κ3) is 4.46. The third-order valence-corrected chi connectivity index (χ3v) is 2.57. The number of thioether (sulfide) groups is 1. The molecule has 10 heavy (non-hydrogen) atoms. The third-order valence-electron chi connectivity index (χ3n) is 1.23. The lowest BCUT2D eigenvalue weighted by Crippen LogP contribution is -2.02. The number of carbonyl (C=O) groups is 1. The molecule has 1 unspecified atom stereocenters. The Morgan fingerprint density at radius 3 is 2.80 bits per heavy atom. The zero-order valence-electron chi connectivity index (χ0n) is 6.39. The Hall–Kier alpha value is -0.420. The number of rotatable bonds is 4. The van der Waals surface area contributed by atoms with Crippen LogP contribution in [0.5, 0.6) is 0 Å². The lowest BCUT2D eigenvalue weighted by Gasteiger charge is -2.03. The molecule has 56 valence electrons. The van der Waals surface area contributed by atoms with Crippen LogP contribution in [0.25, 0.3) is 0 Å². The molecule has 0 spiro atoms. The molecule has 0 aliphatic carbocycles. The molecule has 0 saturated carbocycles. The molecule has 0 aromatic rings. The van der Waals surface area contributed by atoms with Crippen molar-refractivity contribution in [3.63, 3.8) is 0 Å². The highest BCUT2D eigenvalue weighted by Crippen LogP contribution is 2.12. The summed E-state index contributed by atoms with van der Waals surface area (Å²) in [5, 5.41) is 0.539. The monoisotopic (exact) mass is 156 g/mol. The van der Waals surface area contributed by atoms with E-state index in [4.69, 9.17) is 6.42 Å². The quantitative estimate of drug-likeness (QED) is 0.455. The van der Waals surface area contributed by atoms with E-state index in [0.717, 1.165) is 6.42 Å². The minimum atomic E-state index is -0.106. The van der Waals surface area contributed by atoms with Gasteiger partial charge in [0.2, 0.25) is 5.78 Å². The van der Waals surface area contributed by atoms with E-state index in [1.54, 1.807) is 11.8 Å². The standard InChI is InChI=1S/C8H12OS/c1-4-7(3)10-6-8(9)5-2/h2,7H,4,6H2,1,3H3. The number of terminal acetylenes is 1. The fourth-order valence-electron chi connectivity index (χ4n) is 0.377. The van der Waals surface area contributed by atoms with Crippen LogP contribution in [0.3, 0.4) is 0 Å². The lowest BCUT2D eigenvalue weighted by atomic mass is 10.4. The first-order chi connectivity index (χ1) is 4.70. The fourth-order valence-corrected chi connectivity index (χ4v) is 1.13. The molecule has 1 nitrogen and oxygen atoms in total. The number of carbonyl (C=O) groups excluding carboxylic acids is 1. The van der Waals surface area contributed by atoms with E-state index in [0.29, 0.717) is 11.0 Å². The second-order valence-electron chi connectivity index (χ2n) is 2.10. The highest BCUT2D eigenvalue weighted by molar-refractivity contribution is 8.00. The van der Waals surface area contributed by atoms with Crippen molar-refractivity contribution in [3.8, 4) is 12.3 Å². The molecular weight excluding hydrogens is 144 g/mol. The van der Waals surface area contributed by atoms with Gasteiger partial charge in [0.25, 0.3) is 0 Å². The SMILES string of the molecule is C#CC(=O)CSC(C)CC. The summed E-state index contributed by atoms with van der Waals surface area (Å²) in [6, 6.07) is 0. The number of hydrogen-bond donors (Lipinski definition) is 0. The molecule has 0 aromatic carbocycles. The van der Waals surface area contributed by atoms with Crippen LogP contribution in [0.15, 0.2) is 0 Å². The molecule has 0 amide bonds. The van der Waals surface area contributed by atoms with Gasteiger partial charge in [-0.3, -0.25) is 4.79 Å². The number of Topliss-reactive ketones (excluding diaryl/α,β-unsaturated/α-hetero) is 1. The first kappa shape index (κ1) is 9.58. The van der Waals surface area contributed by atoms with Gasteiger partial charge in [-0.2, -0.15) is 0 Å². The van der Waals surface area contributed by atoms with Crippen LogP contribution in [0, 0.1) is 12.3 Å². The molecule has 0 radical (unpaired) electrons. The molecule has 0 N–H and O–H groups in total. The summed E-state index contributed by atoms with van der Waals surface area (Å²) in [6.07, 6.45) is 5.97. The average molecular weight is 156 g/mol. The van der Waals surface area contributed by atoms with Crippen LogP contribution in [0.1, 0.15) is 20.3 Å². The Bertz CT molecular complexity index is 146. The van der Waals surface area contributed by atoms with Crippen molar-refractivity contribution in [2.75, 3.05) is 5.75 Å². The molecule has 0 heterocycles. The van der Waals surface area contributed by atoms with Crippen molar-refractivity contribution in [1.82, 2.24) is 0 Å². The highest BCUT2D eigenvalue weighted by Gasteiger charge is 2.01. The van der Waals surface area contributed by atoms with E-state index >= 15 is 0 Å². The predicted octanol–water partition coefficient (Wildman–Crippen LogP) is 1.72. The molecule has 2 heteroatoms. The van der Waals surface area contributed by atoms with E-state index in [9.17, 15) is 4.79 Å². The molecule has 0 aliphatic heterocycles. The van der Waals surface area contributed by atoms with E-state index in [1.807, 2.05) is 0 Å². The topological polar surface area (TPSA) is 17.1 Å². The summed E-state index contributed by atoms with van der Waals surface area (Å²) < 4.78 is 0. The van der Waals surface area contributed by atoms with Crippen LogP contribution in [0.2, 0.25) is 0 Å². The van der Waals surface area contributed by atoms with E-state index in [-0.39, 0.29) is 5.78 Å². The Labute approximate surface area is 66.6 Å². The Morgan fingerprint density at radius 2 is 2.40 bits per heavy atom. The second-order valence-corrected chi connectivity index (χ2v) is 3.52. The molecular formula is C8H12OS. The highest BCUT2D eigenvalue weighted by atomic mass is 32.2. The van der Waals surface area contributed by atoms with Crippen molar-refractivity contribution >= 4 is 17.5 Å². The maximum absolute atomic E-state index is 10.6. The second kappa shape index (κ2) is 5.37. The smallest absolute Gasteiger partial charge is 0.215 e. The van der Waals surface area contributed by atoms with Crippen LogP contribution in [0.4, 0.5) is 0 Å². The summed E-state index contributed by atoms with van der Waals surface area (Å²) in [6.45, 7) is 4.19. The summed E-state index contributed by atoms with van der Waals surface area (Å²) in [4.78, 5) is 10.6. The van der Waals surface area contributed by atoms with Crippen LogP contribution in [-0.4, -0.2) is 16.8 Å². The Kier molecular flexibility index (Phi) is 5.15. The van der Waals surface area contributed by atoms with E-state index < -0.39 is 0 Å². The van der Waals surface area contributed by atoms with Gasteiger partial charge >= 0.3 is 0 Å². The average Bonchev–Trinajstić information content (AvgIpc) is 1.99. The summed E-state index contributed by atoms with van der Waals surface area (Å²) in [5.41, 5.74) is 0. The molecule has 0 fully saturated rings. The van der Waals surface area contributed by atoms with Crippen LogP contribution < -0.4 is 0 Å².